The second-order valence-corrected chi connectivity index (χ2v) is 8.22. The molecule has 0 radical (unpaired) electrons. The molecule has 1 aliphatic rings. The highest BCUT2D eigenvalue weighted by Gasteiger charge is 2.52. The third kappa shape index (κ3) is 5.12. The van der Waals surface area contributed by atoms with Crippen LogP contribution in [0.25, 0.3) is 0 Å². The smallest absolute Gasteiger partial charge is 0.451 e. The molecule has 12 heteroatoms. The van der Waals surface area contributed by atoms with Crippen molar-refractivity contribution in [2.24, 2.45) is 17.4 Å². The SMILES string of the molecule is C[C@H](NS(=O)(=O)N1C[C@H](CCCB(O)O)[C@](N)(C(=O)O)C1)[C@@H](C)N. The fraction of sp³-hybridized carbons (Fsp3) is 0.917. The van der Waals surface area contributed by atoms with Gasteiger partial charge >= 0.3 is 13.1 Å². The van der Waals surface area contributed by atoms with Gasteiger partial charge in [0.25, 0.3) is 10.2 Å². The van der Waals surface area contributed by atoms with Crippen LogP contribution in [-0.2, 0) is 15.0 Å². The molecule has 0 bridgehead atoms. The molecule has 0 aromatic heterocycles. The van der Waals surface area contributed by atoms with E-state index in [9.17, 15) is 18.3 Å². The molecule has 1 heterocycles. The maximum Gasteiger partial charge on any atom is 0.451 e. The van der Waals surface area contributed by atoms with Crippen molar-refractivity contribution >= 4 is 23.3 Å². The third-order valence-electron chi connectivity index (χ3n) is 4.47. The summed E-state index contributed by atoms with van der Waals surface area (Å²) in [6.07, 6.45) is 0.667. The Morgan fingerprint density at radius 1 is 1.46 bits per heavy atom. The maximum atomic E-state index is 12.4. The number of carboxylic acids is 1. The number of nitrogens with one attached hydrogen (secondary N) is 1. The fourth-order valence-electron chi connectivity index (χ4n) is 2.63. The van der Waals surface area contributed by atoms with Crippen LogP contribution in [-0.4, -0.2) is 71.7 Å². The van der Waals surface area contributed by atoms with Crippen molar-refractivity contribution in [1.82, 2.24) is 9.03 Å². The summed E-state index contributed by atoms with van der Waals surface area (Å²) in [5, 5.41) is 27.2. The van der Waals surface area contributed by atoms with E-state index in [2.05, 4.69) is 4.72 Å². The number of rotatable bonds is 9. The van der Waals surface area contributed by atoms with Gasteiger partial charge in [-0.1, -0.05) is 6.42 Å². The molecule has 4 atom stereocenters. The van der Waals surface area contributed by atoms with Gasteiger partial charge < -0.3 is 26.6 Å². The zero-order chi connectivity index (χ0) is 18.7. The lowest BCUT2D eigenvalue weighted by atomic mass is 9.78. The van der Waals surface area contributed by atoms with Crippen LogP contribution in [0.3, 0.4) is 0 Å². The molecular weight excluding hydrogens is 339 g/mol. The molecule has 0 saturated carbocycles. The molecule has 1 fully saturated rings. The highest BCUT2D eigenvalue weighted by molar-refractivity contribution is 7.87. The highest BCUT2D eigenvalue weighted by atomic mass is 32.2. The summed E-state index contributed by atoms with van der Waals surface area (Å²) >= 11 is 0. The molecular formula is C12H27BN4O6S. The van der Waals surface area contributed by atoms with Crippen LogP contribution in [0, 0.1) is 5.92 Å². The minimum Gasteiger partial charge on any atom is -0.480 e. The molecule has 24 heavy (non-hydrogen) atoms. The minimum atomic E-state index is -3.92. The molecule has 8 N–H and O–H groups in total. The number of nitrogens with two attached hydrogens (primary N) is 2. The first-order valence-electron chi connectivity index (χ1n) is 7.81. The summed E-state index contributed by atoms with van der Waals surface area (Å²) in [5.41, 5.74) is 9.90. The van der Waals surface area contributed by atoms with Gasteiger partial charge in [-0.2, -0.15) is 17.4 Å². The zero-order valence-corrected chi connectivity index (χ0v) is 14.7. The second-order valence-electron chi connectivity index (χ2n) is 6.52. The predicted molar refractivity (Wildman–Crippen MR) is 89.0 cm³/mol. The quantitative estimate of drug-likeness (QED) is 0.243. The van der Waals surface area contributed by atoms with Gasteiger partial charge in [-0.15, -0.1) is 0 Å². The summed E-state index contributed by atoms with van der Waals surface area (Å²) < 4.78 is 28.3. The standard InChI is InChI=1S/C12H27BN4O6S/c1-8(14)9(2)16-24(22,23)17-6-10(4-3-5-13(20)21)12(15,7-17)11(18)19/h8-10,16,20-21H,3-7,14-15H2,1-2H3,(H,18,19)/t8-,9+,10+,12+/m1/s1. The first kappa shape index (κ1) is 21.3. The van der Waals surface area contributed by atoms with E-state index in [0.717, 1.165) is 4.31 Å². The van der Waals surface area contributed by atoms with Crippen LogP contribution in [0.2, 0.25) is 6.32 Å². The Hall–Kier alpha value is -0.755. The lowest BCUT2D eigenvalue weighted by molar-refractivity contribution is -0.144. The predicted octanol–water partition coefficient (Wildman–Crippen LogP) is -2.48. The van der Waals surface area contributed by atoms with E-state index >= 15 is 0 Å². The number of carbonyl (C=O) groups is 1. The minimum absolute atomic E-state index is 0.0503. The molecule has 1 aliphatic heterocycles. The molecule has 10 nitrogen and oxygen atoms in total. The average Bonchev–Trinajstić information content (AvgIpc) is 2.77. The third-order valence-corrected chi connectivity index (χ3v) is 6.09. The Balaban J connectivity index is 2.87. The van der Waals surface area contributed by atoms with Crippen LogP contribution < -0.4 is 16.2 Å². The largest absolute Gasteiger partial charge is 0.480 e. The summed E-state index contributed by atoms with van der Waals surface area (Å²) in [7, 11) is -5.41. The summed E-state index contributed by atoms with van der Waals surface area (Å²) in [5.74, 6) is -1.91. The van der Waals surface area contributed by atoms with E-state index in [1.807, 2.05) is 0 Å². The van der Waals surface area contributed by atoms with E-state index < -0.39 is 46.8 Å². The fourth-order valence-corrected chi connectivity index (χ4v) is 4.23. The van der Waals surface area contributed by atoms with Crippen LogP contribution in [0.5, 0.6) is 0 Å². The Morgan fingerprint density at radius 2 is 2.04 bits per heavy atom. The average molecular weight is 366 g/mol. The summed E-state index contributed by atoms with van der Waals surface area (Å²) in [6, 6.07) is -0.929. The molecule has 1 rings (SSSR count). The number of hydrogen-bond donors (Lipinski definition) is 6. The molecule has 0 amide bonds. The van der Waals surface area contributed by atoms with E-state index in [4.69, 9.17) is 21.5 Å². The number of carboxylic acid groups (broad SMARTS) is 1. The van der Waals surface area contributed by atoms with E-state index in [1.165, 1.54) is 0 Å². The first-order chi connectivity index (χ1) is 10.9. The first-order valence-corrected chi connectivity index (χ1v) is 9.25. The van der Waals surface area contributed by atoms with Crippen molar-refractivity contribution in [2.75, 3.05) is 13.1 Å². The second kappa shape index (κ2) is 8.08. The van der Waals surface area contributed by atoms with Crippen LogP contribution in [0.4, 0.5) is 0 Å². The van der Waals surface area contributed by atoms with Gasteiger partial charge in [0, 0.05) is 31.1 Å². The molecule has 0 unspecified atom stereocenters. The van der Waals surface area contributed by atoms with E-state index in [-0.39, 0.29) is 25.8 Å². The van der Waals surface area contributed by atoms with Gasteiger partial charge in [-0.25, -0.2) is 0 Å². The lowest BCUT2D eigenvalue weighted by Gasteiger charge is -2.25. The highest BCUT2D eigenvalue weighted by Crippen LogP contribution is 2.31. The normalized spacial score (nSPS) is 27.8. The Morgan fingerprint density at radius 3 is 2.50 bits per heavy atom. The summed E-state index contributed by atoms with van der Waals surface area (Å²) in [6.45, 7) is 2.87. The molecule has 0 aromatic carbocycles. The van der Waals surface area contributed by atoms with Crippen molar-refractivity contribution in [1.29, 1.82) is 0 Å². The molecule has 1 saturated heterocycles. The Kier molecular flexibility index (Phi) is 7.17. The lowest BCUT2D eigenvalue weighted by Crippen LogP contribution is -2.56. The maximum absolute atomic E-state index is 12.4. The van der Waals surface area contributed by atoms with Gasteiger partial charge in [0.05, 0.1) is 0 Å². The number of hydrogen-bond acceptors (Lipinski definition) is 7. The van der Waals surface area contributed by atoms with E-state index in [0.29, 0.717) is 6.42 Å². The van der Waals surface area contributed by atoms with Crippen molar-refractivity contribution < 1.29 is 28.4 Å². The van der Waals surface area contributed by atoms with Gasteiger partial charge in [0.1, 0.15) is 5.54 Å². The monoisotopic (exact) mass is 366 g/mol. The Bertz CT molecular complexity index is 546. The molecule has 0 aromatic rings. The van der Waals surface area contributed by atoms with Crippen LogP contribution in [0.15, 0.2) is 0 Å². The van der Waals surface area contributed by atoms with Gasteiger partial charge in [0.15, 0.2) is 0 Å². The van der Waals surface area contributed by atoms with Crippen molar-refractivity contribution in [3.8, 4) is 0 Å². The number of aliphatic carboxylic acids is 1. The number of nitrogens with zero attached hydrogens (tertiary/aromatic N) is 1. The van der Waals surface area contributed by atoms with Crippen molar-refractivity contribution in [2.45, 2.75) is 50.6 Å². The van der Waals surface area contributed by atoms with Crippen LogP contribution >= 0.6 is 0 Å². The van der Waals surface area contributed by atoms with E-state index in [1.54, 1.807) is 13.8 Å². The summed E-state index contributed by atoms with van der Waals surface area (Å²) in [4.78, 5) is 11.5. The molecule has 140 valence electrons. The van der Waals surface area contributed by atoms with Crippen LogP contribution in [0.1, 0.15) is 26.7 Å². The van der Waals surface area contributed by atoms with Crippen molar-refractivity contribution in [3.63, 3.8) is 0 Å². The molecule has 0 aliphatic carbocycles. The zero-order valence-electron chi connectivity index (χ0n) is 13.9. The van der Waals surface area contributed by atoms with Gasteiger partial charge in [-0.3, -0.25) is 4.79 Å². The topological polar surface area (TPSA) is 179 Å². The van der Waals surface area contributed by atoms with Gasteiger partial charge in [-0.05, 0) is 26.6 Å². The molecule has 0 spiro atoms. The Labute approximate surface area is 142 Å². The van der Waals surface area contributed by atoms with Gasteiger partial charge in [0.2, 0.25) is 0 Å². The van der Waals surface area contributed by atoms with Crippen molar-refractivity contribution in [3.05, 3.63) is 0 Å².